The number of fused-ring (bicyclic) bond motifs is 1. The van der Waals surface area contributed by atoms with Crippen LogP contribution in [-0.4, -0.2) is 49.1 Å². The first-order chi connectivity index (χ1) is 16.0. The first-order valence-corrected chi connectivity index (χ1v) is 10.1. The van der Waals surface area contributed by atoms with E-state index < -0.39 is 6.04 Å². The molecular formula is C23H25N5O5. The zero-order valence-electron chi connectivity index (χ0n) is 19.0. The number of aromatic nitrogens is 3. The molecule has 10 heteroatoms. The van der Waals surface area contributed by atoms with Crippen molar-refractivity contribution in [3.05, 3.63) is 59.6 Å². The average Bonchev–Trinajstić information content (AvgIpc) is 3.30. The van der Waals surface area contributed by atoms with Crippen molar-refractivity contribution < 1.29 is 23.7 Å². The van der Waals surface area contributed by atoms with E-state index in [-0.39, 0.29) is 5.91 Å². The van der Waals surface area contributed by atoms with Crippen LogP contribution in [0.5, 0.6) is 23.0 Å². The van der Waals surface area contributed by atoms with Gasteiger partial charge in [-0.2, -0.15) is 10.1 Å². The molecule has 10 nitrogen and oxygen atoms in total. The molecule has 172 valence electrons. The molecule has 1 aromatic heterocycles. The average molecular weight is 451 g/mol. The number of ether oxygens (including phenoxy) is 4. The molecule has 1 amide bonds. The summed E-state index contributed by atoms with van der Waals surface area (Å²) < 4.78 is 23.3. The fourth-order valence-electron chi connectivity index (χ4n) is 3.83. The van der Waals surface area contributed by atoms with Gasteiger partial charge in [0.05, 0.1) is 34.0 Å². The van der Waals surface area contributed by atoms with Crippen LogP contribution < -0.4 is 29.6 Å². The van der Waals surface area contributed by atoms with Gasteiger partial charge in [-0.25, -0.2) is 4.68 Å². The topological polar surface area (TPSA) is 109 Å². The lowest BCUT2D eigenvalue weighted by Gasteiger charge is -2.29. The Morgan fingerprint density at radius 1 is 1.00 bits per heavy atom. The van der Waals surface area contributed by atoms with Gasteiger partial charge in [-0.15, -0.1) is 0 Å². The third-order valence-corrected chi connectivity index (χ3v) is 5.39. The molecule has 4 rings (SSSR count). The van der Waals surface area contributed by atoms with E-state index in [1.807, 2.05) is 6.92 Å². The van der Waals surface area contributed by atoms with Gasteiger partial charge in [0.25, 0.3) is 5.91 Å². The quantitative estimate of drug-likeness (QED) is 0.564. The van der Waals surface area contributed by atoms with E-state index in [0.717, 1.165) is 5.56 Å². The maximum atomic E-state index is 13.5. The summed E-state index contributed by atoms with van der Waals surface area (Å²) in [6, 6.07) is 10.1. The van der Waals surface area contributed by atoms with Gasteiger partial charge in [0.2, 0.25) is 11.7 Å². The second kappa shape index (κ2) is 9.11. The first-order valence-electron chi connectivity index (χ1n) is 10.1. The second-order valence-corrected chi connectivity index (χ2v) is 7.24. The number of rotatable bonds is 7. The lowest BCUT2D eigenvalue weighted by molar-refractivity contribution is -0.113. The van der Waals surface area contributed by atoms with Crippen molar-refractivity contribution in [1.82, 2.24) is 14.8 Å². The summed E-state index contributed by atoms with van der Waals surface area (Å²) in [6.45, 7) is 1.83. The summed E-state index contributed by atoms with van der Waals surface area (Å²) in [6.07, 6.45) is 1.44. The zero-order valence-corrected chi connectivity index (χ0v) is 19.0. The van der Waals surface area contributed by atoms with Gasteiger partial charge in [-0.05, 0) is 48.9 Å². The molecule has 0 spiro atoms. The number of allylic oxidation sites excluding steroid dienone is 1. The highest BCUT2D eigenvalue weighted by molar-refractivity contribution is 6.06. The van der Waals surface area contributed by atoms with Gasteiger partial charge >= 0.3 is 0 Å². The zero-order chi connectivity index (χ0) is 23.5. The number of nitrogens with zero attached hydrogens (tertiary/aromatic N) is 3. The monoisotopic (exact) mass is 451 g/mol. The van der Waals surface area contributed by atoms with E-state index in [9.17, 15) is 4.79 Å². The third kappa shape index (κ3) is 4.02. The Hall–Kier alpha value is -4.21. The van der Waals surface area contributed by atoms with E-state index in [0.29, 0.717) is 45.9 Å². The van der Waals surface area contributed by atoms with Crippen molar-refractivity contribution in [2.45, 2.75) is 13.0 Å². The minimum Gasteiger partial charge on any atom is -0.497 e. The molecule has 33 heavy (non-hydrogen) atoms. The number of anilines is 2. The van der Waals surface area contributed by atoms with Crippen molar-refractivity contribution in [3.8, 4) is 23.0 Å². The number of hydrogen-bond donors (Lipinski definition) is 2. The highest BCUT2D eigenvalue weighted by Gasteiger charge is 2.34. The SMILES string of the molecule is COc1ccc(NC(=O)C2=C(C)Nc3ncnn3C2c2cc(OC)c(OC)c(OC)c2)cc1. The predicted octanol–water partition coefficient (Wildman–Crippen LogP) is 3.24. The lowest BCUT2D eigenvalue weighted by atomic mass is 9.94. The molecule has 2 aromatic carbocycles. The third-order valence-electron chi connectivity index (χ3n) is 5.39. The van der Waals surface area contributed by atoms with Crippen LogP contribution in [0, 0.1) is 0 Å². The molecule has 0 bridgehead atoms. The highest BCUT2D eigenvalue weighted by Crippen LogP contribution is 2.43. The van der Waals surface area contributed by atoms with Crippen molar-refractivity contribution in [1.29, 1.82) is 0 Å². The summed E-state index contributed by atoms with van der Waals surface area (Å²) in [5, 5.41) is 10.5. The predicted molar refractivity (Wildman–Crippen MR) is 122 cm³/mol. The molecule has 3 aromatic rings. The van der Waals surface area contributed by atoms with Crippen LogP contribution in [-0.2, 0) is 4.79 Å². The summed E-state index contributed by atoms with van der Waals surface area (Å²) in [7, 11) is 6.22. The molecular weight excluding hydrogens is 426 g/mol. The van der Waals surface area contributed by atoms with Crippen molar-refractivity contribution in [3.63, 3.8) is 0 Å². The molecule has 1 aliphatic rings. The minimum atomic E-state index is -0.587. The normalized spacial score (nSPS) is 14.8. The molecule has 0 radical (unpaired) electrons. The largest absolute Gasteiger partial charge is 0.497 e. The fourth-order valence-corrected chi connectivity index (χ4v) is 3.83. The van der Waals surface area contributed by atoms with E-state index in [1.54, 1.807) is 62.4 Å². The van der Waals surface area contributed by atoms with Gasteiger partial charge in [-0.3, -0.25) is 4.79 Å². The Morgan fingerprint density at radius 3 is 2.24 bits per heavy atom. The molecule has 0 saturated heterocycles. The Morgan fingerprint density at radius 2 is 1.67 bits per heavy atom. The van der Waals surface area contributed by atoms with Gasteiger partial charge in [0.15, 0.2) is 11.5 Å². The standard InChI is InChI=1S/C23H25N5O5/c1-13-19(22(29)27-15-6-8-16(30-2)9-7-15)20(28-23(26-13)24-12-25-28)14-10-17(31-3)21(33-5)18(11-14)32-4/h6-12,20H,1-5H3,(H,27,29)(H,24,25,26). The van der Waals surface area contributed by atoms with Gasteiger partial charge in [0.1, 0.15) is 18.1 Å². The van der Waals surface area contributed by atoms with E-state index in [4.69, 9.17) is 18.9 Å². The van der Waals surface area contributed by atoms with Crippen molar-refractivity contribution in [2.75, 3.05) is 39.1 Å². The van der Waals surface area contributed by atoms with Crippen LogP contribution >= 0.6 is 0 Å². The maximum absolute atomic E-state index is 13.5. The molecule has 0 aliphatic carbocycles. The van der Waals surface area contributed by atoms with Crippen LogP contribution in [0.1, 0.15) is 18.5 Å². The number of nitrogens with one attached hydrogen (secondary N) is 2. The summed E-state index contributed by atoms with van der Waals surface area (Å²) in [5.74, 6) is 2.34. The molecule has 1 aliphatic heterocycles. The number of hydrogen-bond acceptors (Lipinski definition) is 8. The molecule has 0 fully saturated rings. The Labute approximate surface area is 191 Å². The van der Waals surface area contributed by atoms with E-state index in [2.05, 4.69) is 20.7 Å². The fraction of sp³-hybridized carbons (Fsp3) is 0.261. The Kier molecular flexibility index (Phi) is 6.07. The van der Waals surface area contributed by atoms with Gasteiger partial charge in [-0.1, -0.05) is 0 Å². The Balaban J connectivity index is 1.80. The maximum Gasteiger partial charge on any atom is 0.255 e. The molecule has 2 heterocycles. The highest BCUT2D eigenvalue weighted by atomic mass is 16.5. The van der Waals surface area contributed by atoms with Crippen LogP contribution in [0.15, 0.2) is 54.0 Å². The number of amides is 1. The number of carbonyl (C=O) groups is 1. The second-order valence-electron chi connectivity index (χ2n) is 7.24. The summed E-state index contributed by atoms with van der Waals surface area (Å²) in [5.41, 5.74) is 2.48. The van der Waals surface area contributed by atoms with Crippen LogP contribution in [0.3, 0.4) is 0 Å². The van der Waals surface area contributed by atoms with Gasteiger partial charge < -0.3 is 29.6 Å². The van der Waals surface area contributed by atoms with Crippen LogP contribution in [0.4, 0.5) is 11.6 Å². The van der Waals surface area contributed by atoms with Crippen LogP contribution in [0.2, 0.25) is 0 Å². The number of carbonyl (C=O) groups excluding carboxylic acids is 1. The number of benzene rings is 2. The Bertz CT molecular complexity index is 1180. The molecule has 2 N–H and O–H groups in total. The summed E-state index contributed by atoms with van der Waals surface area (Å²) >= 11 is 0. The van der Waals surface area contributed by atoms with Crippen molar-refractivity contribution >= 4 is 17.5 Å². The molecule has 0 saturated carbocycles. The van der Waals surface area contributed by atoms with Gasteiger partial charge in [0, 0.05) is 11.4 Å². The lowest BCUT2D eigenvalue weighted by Crippen LogP contribution is -2.31. The molecule has 1 unspecified atom stereocenters. The first kappa shape index (κ1) is 22.0. The van der Waals surface area contributed by atoms with Crippen LogP contribution in [0.25, 0.3) is 0 Å². The number of methoxy groups -OCH3 is 4. The van der Waals surface area contributed by atoms with E-state index in [1.165, 1.54) is 13.4 Å². The smallest absolute Gasteiger partial charge is 0.255 e. The van der Waals surface area contributed by atoms with E-state index >= 15 is 0 Å². The molecule has 1 atom stereocenters. The summed E-state index contributed by atoms with van der Waals surface area (Å²) in [4.78, 5) is 17.8. The minimum absolute atomic E-state index is 0.287. The van der Waals surface area contributed by atoms with Crippen molar-refractivity contribution in [2.24, 2.45) is 0 Å².